The summed E-state index contributed by atoms with van der Waals surface area (Å²) in [5.74, 6) is 0.453. The van der Waals surface area contributed by atoms with Crippen LogP contribution in [0, 0.1) is 11.3 Å². The molecule has 3 aromatic heterocycles. The molecule has 0 saturated carbocycles. The van der Waals surface area contributed by atoms with Crippen molar-refractivity contribution < 1.29 is 8.42 Å². The maximum absolute atomic E-state index is 12.0. The lowest BCUT2D eigenvalue weighted by molar-refractivity contribution is 0.196. The molecule has 134 valence electrons. The first-order valence-corrected chi connectivity index (χ1v) is 11.2. The molecule has 1 fully saturated rings. The Balaban J connectivity index is 1.67. The highest BCUT2D eigenvalue weighted by Gasteiger charge is 2.33. The summed E-state index contributed by atoms with van der Waals surface area (Å²) in [5.41, 5.74) is 2.50. The van der Waals surface area contributed by atoms with Gasteiger partial charge in [0.05, 0.1) is 22.6 Å². The molecule has 0 bridgehead atoms. The van der Waals surface area contributed by atoms with Crippen LogP contribution in [0.25, 0.3) is 5.52 Å². The van der Waals surface area contributed by atoms with Gasteiger partial charge in [-0.3, -0.25) is 4.90 Å². The highest BCUT2D eigenvalue weighted by atomic mass is 32.2. The van der Waals surface area contributed by atoms with Gasteiger partial charge in [-0.1, -0.05) is 12.1 Å². The number of sulfone groups is 1. The lowest BCUT2D eigenvalue weighted by atomic mass is 10.1. The van der Waals surface area contributed by atoms with Crippen LogP contribution in [-0.4, -0.2) is 35.3 Å². The molecule has 5 nitrogen and oxygen atoms in total. The largest absolute Gasteiger partial charge is 0.322 e. The maximum Gasteiger partial charge on any atom is 0.151 e. The molecule has 0 N–H and O–H groups in total. The van der Waals surface area contributed by atoms with Crippen molar-refractivity contribution in [3.8, 4) is 6.07 Å². The lowest BCUT2D eigenvalue weighted by Crippen LogP contribution is -2.35. The summed E-state index contributed by atoms with van der Waals surface area (Å²) in [7, 11) is -2.96. The van der Waals surface area contributed by atoms with Crippen LogP contribution in [0.5, 0.6) is 0 Å². The fraction of sp³-hybridized carbons (Fsp3) is 0.316. The summed E-state index contributed by atoms with van der Waals surface area (Å²) in [5, 5.41) is 11.7. The molecule has 1 aliphatic rings. The Morgan fingerprint density at radius 2 is 2.15 bits per heavy atom. The standard InChI is InChI=1S/C19H19N3O2S2/c20-10-18-15(11-21-7-2-1-5-19(18)21)12-22(13-17-4-3-8-25-17)16-6-9-26(23,24)14-16/h1-5,7-8,11,16H,6,9,12-14H2/t16-/m1/s1. The van der Waals surface area contributed by atoms with Gasteiger partial charge in [0.2, 0.25) is 0 Å². The van der Waals surface area contributed by atoms with Crippen LogP contribution in [0.3, 0.4) is 0 Å². The third-order valence-electron chi connectivity index (χ3n) is 4.91. The molecule has 0 spiro atoms. The summed E-state index contributed by atoms with van der Waals surface area (Å²) in [6, 6.07) is 12.2. The monoisotopic (exact) mass is 385 g/mol. The summed E-state index contributed by atoms with van der Waals surface area (Å²) in [6.07, 6.45) is 4.57. The average Bonchev–Trinajstić information content (AvgIpc) is 3.32. The second kappa shape index (κ2) is 6.88. The van der Waals surface area contributed by atoms with Crippen molar-refractivity contribution in [3.05, 3.63) is 64.1 Å². The molecule has 3 aromatic rings. The van der Waals surface area contributed by atoms with Crippen LogP contribution in [-0.2, 0) is 22.9 Å². The smallest absolute Gasteiger partial charge is 0.151 e. The minimum Gasteiger partial charge on any atom is -0.322 e. The second-order valence-electron chi connectivity index (χ2n) is 6.68. The van der Waals surface area contributed by atoms with Gasteiger partial charge in [-0.15, -0.1) is 11.3 Å². The molecule has 4 heterocycles. The quantitative estimate of drug-likeness (QED) is 0.677. The predicted molar refractivity (Wildman–Crippen MR) is 103 cm³/mol. The number of nitriles is 1. The first kappa shape index (κ1) is 17.3. The van der Waals surface area contributed by atoms with Gasteiger partial charge in [0.15, 0.2) is 9.84 Å². The molecular formula is C19H19N3O2S2. The van der Waals surface area contributed by atoms with Crippen molar-refractivity contribution in [1.29, 1.82) is 5.26 Å². The normalized spacial score (nSPS) is 19.2. The Hall–Kier alpha value is -2.14. The van der Waals surface area contributed by atoms with E-state index in [0.29, 0.717) is 25.1 Å². The molecule has 1 aliphatic heterocycles. The Morgan fingerprint density at radius 3 is 2.85 bits per heavy atom. The van der Waals surface area contributed by atoms with Gasteiger partial charge >= 0.3 is 0 Å². The van der Waals surface area contributed by atoms with Gasteiger partial charge in [-0.05, 0) is 30.0 Å². The zero-order valence-electron chi connectivity index (χ0n) is 14.2. The van der Waals surface area contributed by atoms with E-state index in [-0.39, 0.29) is 17.5 Å². The molecule has 4 rings (SSSR count). The fourth-order valence-electron chi connectivity index (χ4n) is 3.63. The third-order valence-corrected chi connectivity index (χ3v) is 7.52. The molecule has 0 aromatic carbocycles. The van der Waals surface area contributed by atoms with Crippen LogP contribution in [0.15, 0.2) is 48.1 Å². The van der Waals surface area contributed by atoms with E-state index in [9.17, 15) is 13.7 Å². The number of pyridine rings is 1. The van der Waals surface area contributed by atoms with Crippen LogP contribution in [0.4, 0.5) is 0 Å². The van der Waals surface area contributed by atoms with E-state index in [1.807, 2.05) is 46.4 Å². The van der Waals surface area contributed by atoms with Crippen molar-refractivity contribution in [2.45, 2.75) is 25.6 Å². The molecule has 1 saturated heterocycles. The Labute approximate surface area is 157 Å². The van der Waals surface area contributed by atoms with Gasteiger partial charge < -0.3 is 4.40 Å². The molecule has 7 heteroatoms. The highest BCUT2D eigenvalue weighted by molar-refractivity contribution is 7.91. The Bertz CT molecular complexity index is 1060. The van der Waals surface area contributed by atoms with Crippen LogP contribution < -0.4 is 0 Å². The number of hydrogen-bond donors (Lipinski definition) is 0. The first-order valence-electron chi connectivity index (χ1n) is 8.51. The van der Waals surface area contributed by atoms with E-state index in [0.717, 1.165) is 11.1 Å². The minimum atomic E-state index is -2.96. The SMILES string of the molecule is N#Cc1c(CN(Cc2cccs2)[C@@H]2CCS(=O)(=O)C2)cn2ccccc12. The van der Waals surface area contributed by atoms with Gasteiger partial charge in [0.25, 0.3) is 0 Å². The van der Waals surface area contributed by atoms with E-state index in [1.165, 1.54) is 4.88 Å². The van der Waals surface area contributed by atoms with Gasteiger partial charge in [-0.2, -0.15) is 5.26 Å². The average molecular weight is 386 g/mol. The zero-order valence-corrected chi connectivity index (χ0v) is 15.8. The fourth-order valence-corrected chi connectivity index (χ4v) is 6.12. The first-order chi connectivity index (χ1) is 12.6. The summed E-state index contributed by atoms with van der Waals surface area (Å²) < 4.78 is 25.9. The number of rotatable bonds is 5. The molecule has 0 aliphatic carbocycles. The van der Waals surface area contributed by atoms with E-state index in [4.69, 9.17) is 0 Å². The van der Waals surface area contributed by atoms with E-state index >= 15 is 0 Å². The summed E-state index contributed by atoms with van der Waals surface area (Å²) >= 11 is 1.67. The zero-order chi connectivity index (χ0) is 18.1. The van der Waals surface area contributed by atoms with Crippen molar-refractivity contribution in [3.63, 3.8) is 0 Å². The highest BCUT2D eigenvalue weighted by Crippen LogP contribution is 2.26. The molecular weight excluding hydrogens is 366 g/mol. The molecule has 26 heavy (non-hydrogen) atoms. The van der Waals surface area contributed by atoms with Crippen molar-refractivity contribution in [2.75, 3.05) is 11.5 Å². The van der Waals surface area contributed by atoms with Crippen molar-refractivity contribution in [2.24, 2.45) is 0 Å². The molecule has 0 amide bonds. The maximum atomic E-state index is 12.0. The van der Waals surface area contributed by atoms with E-state index in [1.54, 1.807) is 11.3 Å². The van der Waals surface area contributed by atoms with Crippen LogP contribution in [0.2, 0.25) is 0 Å². The summed E-state index contributed by atoms with van der Waals surface area (Å²) in [4.78, 5) is 3.42. The number of nitrogens with zero attached hydrogens (tertiary/aromatic N) is 3. The Kier molecular flexibility index (Phi) is 4.57. The summed E-state index contributed by atoms with van der Waals surface area (Å²) in [6.45, 7) is 1.28. The van der Waals surface area contributed by atoms with E-state index < -0.39 is 9.84 Å². The molecule has 0 unspecified atom stereocenters. The number of aromatic nitrogens is 1. The van der Waals surface area contributed by atoms with Crippen molar-refractivity contribution >= 4 is 26.7 Å². The van der Waals surface area contributed by atoms with Gasteiger partial charge in [-0.25, -0.2) is 8.42 Å². The third kappa shape index (κ3) is 3.40. The van der Waals surface area contributed by atoms with Gasteiger partial charge in [0.1, 0.15) is 6.07 Å². The predicted octanol–water partition coefficient (Wildman–Crippen LogP) is 3.06. The topological polar surface area (TPSA) is 65.6 Å². The van der Waals surface area contributed by atoms with E-state index in [2.05, 4.69) is 17.0 Å². The lowest BCUT2D eigenvalue weighted by Gasteiger charge is -2.27. The van der Waals surface area contributed by atoms with Crippen LogP contribution in [0.1, 0.15) is 22.4 Å². The number of hydrogen-bond acceptors (Lipinski definition) is 5. The molecule has 0 radical (unpaired) electrons. The van der Waals surface area contributed by atoms with Gasteiger partial charge in [0, 0.05) is 42.0 Å². The number of thiophene rings is 1. The number of fused-ring (bicyclic) bond motifs is 1. The van der Waals surface area contributed by atoms with Crippen molar-refractivity contribution in [1.82, 2.24) is 9.30 Å². The second-order valence-corrected chi connectivity index (χ2v) is 9.94. The minimum absolute atomic E-state index is 0.00310. The van der Waals surface area contributed by atoms with Crippen LogP contribution >= 0.6 is 11.3 Å². The molecule has 1 atom stereocenters. The Morgan fingerprint density at radius 1 is 1.27 bits per heavy atom.